The van der Waals surface area contributed by atoms with Crippen molar-refractivity contribution in [2.45, 2.75) is 39.4 Å². The Labute approximate surface area is 186 Å². The number of benzene rings is 2. The minimum Gasteiger partial charge on any atom is -0.472 e. The van der Waals surface area contributed by atoms with Crippen LogP contribution in [0.4, 0.5) is 14.9 Å². The minimum atomic E-state index is -0.573. The molecular weight excluding hydrogens is 407 g/mol. The van der Waals surface area contributed by atoms with E-state index in [0.29, 0.717) is 30.2 Å². The number of allylic oxidation sites excluding steroid dienone is 1. The number of anilines is 1. The van der Waals surface area contributed by atoms with Gasteiger partial charge in [-0.1, -0.05) is 42.5 Å². The van der Waals surface area contributed by atoms with Crippen LogP contribution in [0, 0.1) is 5.82 Å². The highest BCUT2D eigenvalue weighted by Gasteiger charge is 2.22. The van der Waals surface area contributed by atoms with Gasteiger partial charge in [-0.05, 0) is 67.7 Å². The maximum Gasteiger partial charge on any atom is 0.412 e. The normalized spacial score (nSPS) is 12.7. The molecule has 6 heteroatoms. The number of rotatable bonds is 5. The minimum absolute atomic E-state index is 0.339. The van der Waals surface area contributed by atoms with Crippen molar-refractivity contribution < 1.29 is 18.7 Å². The van der Waals surface area contributed by atoms with E-state index in [2.05, 4.69) is 10.3 Å². The molecule has 1 aliphatic rings. The molecule has 1 aromatic heterocycles. The van der Waals surface area contributed by atoms with Crippen LogP contribution in [0.25, 0.3) is 5.57 Å². The molecule has 0 atom stereocenters. The summed E-state index contributed by atoms with van der Waals surface area (Å²) >= 11 is 0. The number of ether oxygens (including phenoxy) is 2. The zero-order chi connectivity index (χ0) is 22.7. The fraction of sp³-hybridized carbons (Fsp3) is 0.231. The molecular formula is C26H25FN2O3. The molecule has 1 amide bonds. The molecule has 32 heavy (non-hydrogen) atoms. The van der Waals surface area contributed by atoms with E-state index in [1.807, 2.05) is 69.3 Å². The Hall–Kier alpha value is -3.67. The predicted molar refractivity (Wildman–Crippen MR) is 122 cm³/mol. The Bertz CT molecular complexity index is 1170. The molecule has 4 rings (SSSR count). The molecule has 0 saturated carbocycles. The van der Waals surface area contributed by atoms with Crippen LogP contribution in [0.15, 0.2) is 66.9 Å². The van der Waals surface area contributed by atoms with Gasteiger partial charge in [0.2, 0.25) is 5.88 Å². The zero-order valence-corrected chi connectivity index (χ0v) is 18.3. The van der Waals surface area contributed by atoms with Gasteiger partial charge in [0.15, 0.2) is 0 Å². The zero-order valence-electron chi connectivity index (χ0n) is 18.3. The SMILES string of the molecule is CC(C)(C)OC(=O)Nc1ccc2c(c1)CC=C2c1cc(F)cnc1OCc1ccccc1. The van der Waals surface area contributed by atoms with Gasteiger partial charge >= 0.3 is 6.09 Å². The highest BCUT2D eigenvalue weighted by atomic mass is 19.1. The van der Waals surface area contributed by atoms with E-state index in [9.17, 15) is 9.18 Å². The molecule has 0 radical (unpaired) electrons. The van der Waals surface area contributed by atoms with Crippen molar-refractivity contribution in [3.8, 4) is 5.88 Å². The number of halogens is 1. The summed E-state index contributed by atoms with van der Waals surface area (Å²) in [7, 11) is 0. The lowest BCUT2D eigenvalue weighted by molar-refractivity contribution is 0.0636. The Balaban J connectivity index is 1.55. The topological polar surface area (TPSA) is 60.5 Å². The molecule has 0 aliphatic heterocycles. The smallest absolute Gasteiger partial charge is 0.412 e. The molecule has 1 heterocycles. The van der Waals surface area contributed by atoms with Crippen LogP contribution in [0.5, 0.6) is 5.88 Å². The first kappa shape index (κ1) is 21.6. The monoisotopic (exact) mass is 432 g/mol. The molecule has 0 spiro atoms. The number of amides is 1. The third kappa shape index (κ3) is 5.14. The highest BCUT2D eigenvalue weighted by Crippen LogP contribution is 2.38. The van der Waals surface area contributed by atoms with Crippen molar-refractivity contribution in [1.82, 2.24) is 4.98 Å². The number of fused-ring (bicyclic) bond motifs is 1. The molecule has 3 aromatic rings. The second-order valence-corrected chi connectivity index (χ2v) is 8.60. The van der Waals surface area contributed by atoms with Gasteiger partial charge in [-0.3, -0.25) is 5.32 Å². The number of nitrogens with zero attached hydrogens (tertiary/aromatic N) is 1. The van der Waals surface area contributed by atoms with Crippen LogP contribution in [0.2, 0.25) is 0 Å². The molecule has 5 nitrogen and oxygen atoms in total. The average Bonchev–Trinajstić information content (AvgIpc) is 3.15. The first-order valence-electron chi connectivity index (χ1n) is 10.4. The van der Waals surface area contributed by atoms with Crippen molar-refractivity contribution in [1.29, 1.82) is 0 Å². The predicted octanol–water partition coefficient (Wildman–Crippen LogP) is 6.13. The molecule has 2 aromatic carbocycles. The maximum absolute atomic E-state index is 14.1. The average molecular weight is 432 g/mol. The van der Waals surface area contributed by atoms with Crippen molar-refractivity contribution in [3.05, 3.63) is 94.9 Å². The fourth-order valence-electron chi connectivity index (χ4n) is 3.56. The van der Waals surface area contributed by atoms with Crippen LogP contribution in [0.1, 0.15) is 43.0 Å². The van der Waals surface area contributed by atoms with Crippen molar-refractivity contribution in [2.75, 3.05) is 5.32 Å². The second-order valence-electron chi connectivity index (χ2n) is 8.60. The number of hydrogen-bond acceptors (Lipinski definition) is 4. The van der Waals surface area contributed by atoms with Crippen LogP contribution < -0.4 is 10.1 Å². The standard InChI is InChI=1S/C26H25FN2O3/c1-26(2,3)32-25(30)29-20-10-12-21-18(13-20)9-11-22(21)23-14-19(27)15-28-24(23)31-16-17-7-5-4-6-8-17/h4-8,10-15H,9,16H2,1-3H3,(H,29,30). The van der Waals surface area contributed by atoms with E-state index >= 15 is 0 Å². The van der Waals surface area contributed by atoms with Gasteiger partial charge in [-0.15, -0.1) is 0 Å². The van der Waals surface area contributed by atoms with Crippen LogP contribution >= 0.6 is 0 Å². The molecule has 1 aliphatic carbocycles. The van der Waals surface area contributed by atoms with Gasteiger partial charge in [0.25, 0.3) is 0 Å². The Morgan fingerprint density at radius 2 is 1.88 bits per heavy atom. The van der Waals surface area contributed by atoms with E-state index in [0.717, 1.165) is 28.5 Å². The highest BCUT2D eigenvalue weighted by molar-refractivity contribution is 5.89. The summed E-state index contributed by atoms with van der Waals surface area (Å²) in [6.07, 6.45) is 3.33. The quantitative estimate of drug-likeness (QED) is 0.526. The van der Waals surface area contributed by atoms with E-state index < -0.39 is 17.5 Å². The number of carbonyl (C=O) groups excluding carboxylic acids is 1. The third-order valence-corrected chi connectivity index (χ3v) is 4.89. The largest absolute Gasteiger partial charge is 0.472 e. The summed E-state index contributed by atoms with van der Waals surface area (Å²) in [4.78, 5) is 16.3. The molecule has 0 unspecified atom stereocenters. The van der Waals surface area contributed by atoms with Crippen molar-refractivity contribution in [3.63, 3.8) is 0 Å². The van der Waals surface area contributed by atoms with Gasteiger partial charge in [0.05, 0.1) is 6.20 Å². The van der Waals surface area contributed by atoms with Gasteiger partial charge in [0, 0.05) is 11.3 Å². The van der Waals surface area contributed by atoms with Crippen LogP contribution in [-0.2, 0) is 17.8 Å². The summed E-state index contributed by atoms with van der Waals surface area (Å²) in [6, 6.07) is 16.8. The van der Waals surface area contributed by atoms with Gasteiger partial charge in [-0.2, -0.15) is 0 Å². The molecule has 0 saturated heterocycles. The fourth-order valence-corrected chi connectivity index (χ4v) is 3.56. The summed E-state index contributed by atoms with van der Waals surface area (Å²) in [6.45, 7) is 5.78. The van der Waals surface area contributed by atoms with Gasteiger partial charge in [-0.25, -0.2) is 14.2 Å². The molecule has 0 fully saturated rings. The van der Waals surface area contributed by atoms with Crippen molar-refractivity contribution in [2.24, 2.45) is 0 Å². The van der Waals surface area contributed by atoms with Crippen LogP contribution in [-0.4, -0.2) is 16.7 Å². The Morgan fingerprint density at radius 3 is 2.62 bits per heavy atom. The first-order valence-corrected chi connectivity index (χ1v) is 10.4. The number of hydrogen-bond donors (Lipinski definition) is 1. The summed E-state index contributed by atoms with van der Waals surface area (Å²) < 4.78 is 25.3. The molecule has 0 bridgehead atoms. The second kappa shape index (κ2) is 8.83. The Morgan fingerprint density at radius 1 is 1.09 bits per heavy atom. The number of carbonyl (C=O) groups is 1. The first-order chi connectivity index (χ1) is 15.3. The Kier molecular flexibility index (Phi) is 5.95. The number of nitrogens with one attached hydrogen (secondary N) is 1. The van der Waals surface area contributed by atoms with Crippen LogP contribution in [0.3, 0.4) is 0 Å². The van der Waals surface area contributed by atoms with E-state index in [-0.39, 0.29) is 0 Å². The van der Waals surface area contributed by atoms with Crippen molar-refractivity contribution >= 4 is 17.4 Å². The van der Waals surface area contributed by atoms with E-state index in [1.54, 1.807) is 6.07 Å². The lowest BCUT2D eigenvalue weighted by Gasteiger charge is -2.20. The molecule has 1 N–H and O–H groups in total. The third-order valence-electron chi connectivity index (χ3n) is 4.89. The van der Waals surface area contributed by atoms with E-state index in [1.165, 1.54) is 6.07 Å². The summed E-state index contributed by atoms with van der Waals surface area (Å²) in [5.74, 6) is -0.0464. The lowest BCUT2D eigenvalue weighted by Crippen LogP contribution is -2.27. The number of pyridine rings is 1. The van der Waals surface area contributed by atoms with Gasteiger partial charge < -0.3 is 9.47 Å². The molecule has 164 valence electrons. The lowest BCUT2D eigenvalue weighted by atomic mass is 9.99. The van der Waals surface area contributed by atoms with E-state index in [4.69, 9.17) is 9.47 Å². The maximum atomic E-state index is 14.1. The summed E-state index contributed by atoms with van der Waals surface area (Å²) in [5, 5.41) is 2.76. The summed E-state index contributed by atoms with van der Waals surface area (Å²) in [5.41, 5.74) is 4.51. The number of aromatic nitrogens is 1. The van der Waals surface area contributed by atoms with Gasteiger partial charge in [0.1, 0.15) is 18.0 Å².